The Balaban J connectivity index is 1.77. The van der Waals surface area contributed by atoms with Gasteiger partial charge in [-0.05, 0) is 33.0 Å². The lowest BCUT2D eigenvalue weighted by molar-refractivity contribution is 0.215. The smallest absolute Gasteiger partial charge is 0.162 e. The first kappa shape index (κ1) is 13.4. The largest absolute Gasteiger partial charge is 0.306 e. The van der Waals surface area contributed by atoms with Gasteiger partial charge in [-0.3, -0.25) is 0 Å². The van der Waals surface area contributed by atoms with Gasteiger partial charge in [0.25, 0.3) is 0 Å². The Bertz CT molecular complexity index is 772. The van der Waals surface area contributed by atoms with Gasteiger partial charge < -0.3 is 4.90 Å². The van der Waals surface area contributed by atoms with Crippen LogP contribution < -0.4 is 0 Å². The number of rotatable bonds is 2. The first-order valence-electron chi connectivity index (χ1n) is 7.75. The third-order valence-corrected chi connectivity index (χ3v) is 4.47. The summed E-state index contributed by atoms with van der Waals surface area (Å²) >= 11 is 0. The molecule has 1 aliphatic heterocycles. The lowest BCUT2D eigenvalue weighted by Gasteiger charge is -2.29. The van der Waals surface area contributed by atoms with Crippen molar-refractivity contribution < 1.29 is 0 Å². The SMILES string of the molecule is CN1CCC(n2ncc3c(-c4ccccc4)ncnc32)CC1. The van der Waals surface area contributed by atoms with Gasteiger partial charge >= 0.3 is 0 Å². The van der Waals surface area contributed by atoms with Crippen LogP contribution in [0.2, 0.25) is 0 Å². The van der Waals surface area contributed by atoms with Gasteiger partial charge in [0.2, 0.25) is 0 Å². The summed E-state index contributed by atoms with van der Waals surface area (Å²) in [5, 5.41) is 5.66. The average Bonchev–Trinajstić information content (AvgIpc) is 3.00. The molecule has 2 aromatic heterocycles. The number of aromatic nitrogens is 4. The van der Waals surface area contributed by atoms with E-state index in [-0.39, 0.29) is 0 Å². The molecule has 5 nitrogen and oxygen atoms in total. The predicted molar refractivity (Wildman–Crippen MR) is 86.5 cm³/mol. The molecule has 0 saturated carbocycles. The van der Waals surface area contributed by atoms with Crippen molar-refractivity contribution in [2.24, 2.45) is 0 Å². The van der Waals surface area contributed by atoms with Crippen LogP contribution >= 0.6 is 0 Å². The summed E-state index contributed by atoms with van der Waals surface area (Å²) in [7, 11) is 2.17. The topological polar surface area (TPSA) is 46.8 Å². The minimum absolute atomic E-state index is 0.437. The van der Waals surface area contributed by atoms with E-state index in [1.165, 1.54) is 0 Å². The van der Waals surface area contributed by atoms with Crippen LogP contribution in [0, 0.1) is 0 Å². The molecule has 1 aromatic carbocycles. The van der Waals surface area contributed by atoms with E-state index in [0.29, 0.717) is 6.04 Å². The van der Waals surface area contributed by atoms with E-state index in [9.17, 15) is 0 Å². The highest BCUT2D eigenvalue weighted by Gasteiger charge is 2.22. The van der Waals surface area contributed by atoms with E-state index in [1.807, 2.05) is 24.4 Å². The van der Waals surface area contributed by atoms with E-state index >= 15 is 0 Å². The molecule has 112 valence electrons. The quantitative estimate of drug-likeness (QED) is 0.729. The fraction of sp³-hybridized carbons (Fsp3) is 0.353. The first-order valence-corrected chi connectivity index (χ1v) is 7.75. The Labute approximate surface area is 129 Å². The van der Waals surface area contributed by atoms with Crippen molar-refractivity contribution in [1.29, 1.82) is 0 Å². The number of fused-ring (bicyclic) bond motifs is 1. The number of hydrogen-bond acceptors (Lipinski definition) is 4. The van der Waals surface area contributed by atoms with E-state index < -0.39 is 0 Å². The normalized spacial score (nSPS) is 17.1. The molecule has 1 fully saturated rings. The van der Waals surface area contributed by atoms with E-state index in [0.717, 1.165) is 48.2 Å². The van der Waals surface area contributed by atoms with Crippen LogP contribution in [0.15, 0.2) is 42.9 Å². The highest BCUT2D eigenvalue weighted by Crippen LogP contribution is 2.29. The van der Waals surface area contributed by atoms with Crippen molar-refractivity contribution in [3.8, 4) is 11.3 Å². The van der Waals surface area contributed by atoms with E-state index in [2.05, 4.69) is 43.8 Å². The van der Waals surface area contributed by atoms with Crippen LogP contribution in [0.3, 0.4) is 0 Å². The molecule has 0 aliphatic carbocycles. The molecule has 3 aromatic rings. The minimum atomic E-state index is 0.437. The van der Waals surface area contributed by atoms with Gasteiger partial charge in [0.05, 0.1) is 23.3 Å². The summed E-state index contributed by atoms with van der Waals surface area (Å²) in [4.78, 5) is 11.3. The van der Waals surface area contributed by atoms with Gasteiger partial charge in [0.1, 0.15) is 6.33 Å². The van der Waals surface area contributed by atoms with Crippen molar-refractivity contribution >= 4 is 11.0 Å². The second-order valence-corrected chi connectivity index (χ2v) is 5.95. The van der Waals surface area contributed by atoms with Crippen LogP contribution in [-0.4, -0.2) is 44.8 Å². The zero-order valence-corrected chi connectivity index (χ0v) is 12.7. The van der Waals surface area contributed by atoms with Crippen molar-refractivity contribution in [2.75, 3.05) is 20.1 Å². The fourth-order valence-electron chi connectivity index (χ4n) is 3.20. The Morgan fingerprint density at radius 1 is 1.05 bits per heavy atom. The Morgan fingerprint density at radius 3 is 2.59 bits per heavy atom. The van der Waals surface area contributed by atoms with Gasteiger partial charge in [-0.1, -0.05) is 30.3 Å². The number of benzene rings is 1. The number of piperidine rings is 1. The Morgan fingerprint density at radius 2 is 1.82 bits per heavy atom. The molecule has 0 radical (unpaired) electrons. The number of nitrogens with zero attached hydrogens (tertiary/aromatic N) is 5. The lowest BCUT2D eigenvalue weighted by Crippen LogP contribution is -2.31. The van der Waals surface area contributed by atoms with Gasteiger partial charge in [0, 0.05) is 5.56 Å². The molecule has 0 atom stereocenters. The predicted octanol–water partition coefficient (Wildman–Crippen LogP) is 2.76. The molecule has 1 aliphatic rings. The van der Waals surface area contributed by atoms with Gasteiger partial charge in [-0.15, -0.1) is 0 Å². The molecular formula is C17H19N5. The van der Waals surface area contributed by atoms with Crippen LogP contribution in [-0.2, 0) is 0 Å². The third kappa shape index (κ3) is 2.27. The summed E-state index contributed by atoms with van der Waals surface area (Å²) in [6.45, 7) is 2.23. The maximum absolute atomic E-state index is 4.63. The minimum Gasteiger partial charge on any atom is -0.306 e. The van der Waals surface area contributed by atoms with Gasteiger partial charge in [-0.25, -0.2) is 14.6 Å². The summed E-state index contributed by atoms with van der Waals surface area (Å²) in [5.41, 5.74) is 3.02. The van der Waals surface area contributed by atoms with Crippen LogP contribution in [0.1, 0.15) is 18.9 Å². The van der Waals surface area contributed by atoms with Crippen molar-refractivity contribution in [3.63, 3.8) is 0 Å². The van der Waals surface area contributed by atoms with Crippen molar-refractivity contribution in [3.05, 3.63) is 42.9 Å². The molecule has 4 rings (SSSR count). The Kier molecular flexibility index (Phi) is 3.35. The molecule has 0 amide bonds. The zero-order valence-electron chi connectivity index (χ0n) is 12.7. The van der Waals surface area contributed by atoms with Crippen LogP contribution in [0.4, 0.5) is 0 Å². The molecule has 0 N–H and O–H groups in total. The second-order valence-electron chi connectivity index (χ2n) is 5.95. The third-order valence-electron chi connectivity index (χ3n) is 4.47. The molecular weight excluding hydrogens is 274 g/mol. The summed E-state index contributed by atoms with van der Waals surface area (Å²) in [6.07, 6.45) is 5.81. The summed E-state index contributed by atoms with van der Waals surface area (Å²) in [5.74, 6) is 0. The monoisotopic (exact) mass is 293 g/mol. The highest BCUT2D eigenvalue weighted by molar-refractivity contribution is 5.89. The second kappa shape index (κ2) is 5.50. The maximum atomic E-state index is 4.63. The standard InChI is InChI=1S/C17H19N5/c1-21-9-7-14(8-10-21)22-17-15(11-20-22)16(18-12-19-17)13-5-3-2-4-6-13/h2-6,11-12,14H,7-10H2,1H3. The fourth-order valence-corrected chi connectivity index (χ4v) is 3.20. The molecule has 0 unspecified atom stereocenters. The van der Waals surface area contributed by atoms with Crippen LogP contribution in [0.25, 0.3) is 22.3 Å². The molecule has 22 heavy (non-hydrogen) atoms. The van der Waals surface area contributed by atoms with Crippen molar-refractivity contribution in [1.82, 2.24) is 24.6 Å². The van der Waals surface area contributed by atoms with E-state index in [4.69, 9.17) is 0 Å². The molecule has 1 saturated heterocycles. The number of likely N-dealkylation sites (tertiary alicyclic amines) is 1. The van der Waals surface area contributed by atoms with Crippen molar-refractivity contribution in [2.45, 2.75) is 18.9 Å². The average molecular weight is 293 g/mol. The lowest BCUT2D eigenvalue weighted by atomic mass is 10.1. The molecule has 0 bridgehead atoms. The number of hydrogen-bond donors (Lipinski definition) is 0. The maximum Gasteiger partial charge on any atom is 0.162 e. The Hall–Kier alpha value is -2.27. The van der Waals surface area contributed by atoms with Crippen LogP contribution in [0.5, 0.6) is 0 Å². The molecule has 5 heteroatoms. The van der Waals surface area contributed by atoms with Gasteiger partial charge in [0.15, 0.2) is 5.65 Å². The van der Waals surface area contributed by atoms with Gasteiger partial charge in [-0.2, -0.15) is 5.10 Å². The molecule has 0 spiro atoms. The summed E-state index contributed by atoms with van der Waals surface area (Å²) in [6, 6.07) is 10.7. The zero-order chi connectivity index (χ0) is 14.9. The highest BCUT2D eigenvalue weighted by atomic mass is 15.3. The summed E-state index contributed by atoms with van der Waals surface area (Å²) < 4.78 is 2.09. The van der Waals surface area contributed by atoms with E-state index in [1.54, 1.807) is 6.33 Å². The molecule has 3 heterocycles. The first-order chi connectivity index (χ1) is 10.8.